The molecule has 18 heavy (non-hydrogen) atoms. The Labute approximate surface area is 107 Å². The van der Waals surface area contributed by atoms with Crippen LogP contribution >= 0.6 is 0 Å². The highest BCUT2D eigenvalue weighted by Crippen LogP contribution is 2.27. The van der Waals surface area contributed by atoms with Crippen LogP contribution in [-0.4, -0.2) is 54.8 Å². The van der Waals surface area contributed by atoms with Crippen LogP contribution in [0.3, 0.4) is 0 Å². The second-order valence-corrected chi connectivity index (χ2v) is 7.07. The van der Waals surface area contributed by atoms with Crippen LogP contribution in [0.4, 0.5) is 0 Å². The summed E-state index contributed by atoms with van der Waals surface area (Å²) >= 11 is 0. The third kappa shape index (κ3) is 2.84. The summed E-state index contributed by atoms with van der Waals surface area (Å²) in [6, 6.07) is 0. The number of carbonyl (C=O) groups is 1. The van der Waals surface area contributed by atoms with E-state index in [0.29, 0.717) is 12.8 Å². The predicted octanol–water partition coefficient (Wildman–Crippen LogP) is 0.434. The molecule has 2 aliphatic rings. The molecule has 6 nitrogen and oxygen atoms in total. The molecule has 0 aromatic heterocycles. The first-order valence-electron chi connectivity index (χ1n) is 6.35. The largest absolute Gasteiger partial charge is 0.479 e. The number of nitrogens with zero attached hydrogens (tertiary/aromatic N) is 1. The lowest BCUT2D eigenvalue weighted by Gasteiger charge is -2.34. The number of hydrogen-bond donors (Lipinski definition) is 1. The van der Waals surface area contributed by atoms with Crippen molar-refractivity contribution in [1.29, 1.82) is 0 Å². The molecule has 1 heterocycles. The molecule has 7 heteroatoms. The Kier molecular flexibility index (Phi) is 4.24. The lowest BCUT2D eigenvalue weighted by molar-refractivity contribution is -0.153. The Balaban J connectivity index is 2.06. The monoisotopic (exact) mass is 277 g/mol. The summed E-state index contributed by atoms with van der Waals surface area (Å²) in [7, 11) is -3.36. The van der Waals surface area contributed by atoms with Gasteiger partial charge in [0.05, 0.1) is 18.4 Å². The Morgan fingerprint density at radius 3 is 2.50 bits per heavy atom. The van der Waals surface area contributed by atoms with Gasteiger partial charge in [-0.2, -0.15) is 4.31 Å². The Morgan fingerprint density at radius 1 is 1.22 bits per heavy atom. The van der Waals surface area contributed by atoms with Gasteiger partial charge < -0.3 is 9.84 Å². The molecule has 1 aliphatic carbocycles. The molecule has 1 N–H and O–H groups in total. The summed E-state index contributed by atoms with van der Waals surface area (Å²) in [6.45, 7) is 0.361. The molecule has 0 amide bonds. The molecule has 2 fully saturated rings. The number of ether oxygens (including phenoxy) is 1. The molecule has 0 aromatic carbocycles. The number of carboxylic acids is 1. The van der Waals surface area contributed by atoms with E-state index in [9.17, 15) is 13.2 Å². The van der Waals surface area contributed by atoms with Crippen LogP contribution < -0.4 is 0 Å². The summed E-state index contributed by atoms with van der Waals surface area (Å²) in [5.74, 6) is -1.10. The van der Waals surface area contributed by atoms with Gasteiger partial charge in [-0.1, -0.05) is 19.3 Å². The number of aliphatic carboxylic acids is 1. The SMILES string of the molecule is O=C(O)C1CN(S(=O)(=O)C2CCCCC2)CCO1. The standard InChI is InChI=1S/C11H19NO5S/c13-11(14)10-8-12(6-7-17-10)18(15,16)9-4-2-1-3-5-9/h9-10H,1-8H2,(H,13,14). The van der Waals surface area contributed by atoms with Gasteiger partial charge in [-0.25, -0.2) is 13.2 Å². The number of sulfonamides is 1. The van der Waals surface area contributed by atoms with Crippen LogP contribution in [0.2, 0.25) is 0 Å². The first-order chi connectivity index (χ1) is 8.51. The summed E-state index contributed by atoms with van der Waals surface area (Å²) < 4.78 is 31.1. The summed E-state index contributed by atoms with van der Waals surface area (Å²) in [4.78, 5) is 10.9. The first-order valence-corrected chi connectivity index (χ1v) is 7.85. The molecule has 0 radical (unpaired) electrons. The Bertz CT molecular complexity index is 402. The summed E-state index contributed by atoms with van der Waals surface area (Å²) in [5.41, 5.74) is 0. The van der Waals surface area contributed by atoms with E-state index in [2.05, 4.69) is 0 Å². The number of morpholine rings is 1. The Morgan fingerprint density at radius 2 is 1.89 bits per heavy atom. The van der Waals surface area contributed by atoms with Crippen LogP contribution in [0.1, 0.15) is 32.1 Å². The van der Waals surface area contributed by atoms with Crippen molar-refractivity contribution in [2.75, 3.05) is 19.7 Å². The van der Waals surface area contributed by atoms with Gasteiger partial charge in [0.25, 0.3) is 0 Å². The average Bonchev–Trinajstić information content (AvgIpc) is 2.40. The van der Waals surface area contributed by atoms with E-state index >= 15 is 0 Å². The molecule has 1 saturated carbocycles. The van der Waals surface area contributed by atoms with E-state index in [-0.39, 0.29) is 24.9 Å². The van der Waals surface area contributed by atoms with Crippen molar-refractivity contribution in [1.82, 2.24) is 4.31 Å². The van der Waals surface area contributed by atoms with Gasteiger partial charge in [0.2, 0.25) is 10.0 Å². The molecule has 1 unspecified atom stereocenters. The maximum absolute atomic E-state index is 12.4. The Hall–Kier alpha value is -0.660. The minimum atomic E-state index is -3.36. The van der Waals surface area contributed by atoms with Crippen LogP contribution in [0.15, 0.2) is 0 Å². The van der Waals surface area contributed by atoms with E-state index in [4.69, 9.17) is 9.84 Å². The molecule has 0 aromatic rings. The highest BCUT2D eigenvalue weighted by atomic mass is 32.2. The molecule has 0 bridgehead atoms. The van der Waals surface area contributed by atoms with Gasteiger partial charge >= 0.3 is 5.97 Å². The van der Waals surface area contributed by atoms with E-state index in [0.717, 1.165) is 19.3 Å². The molecule has 1 saturated heterocycles. The van der Waals surface area contributed by atoms with Crippen LogP contribution in [0, 0.1) is 0 Å². The topological polar surface area (TPSA) is 83.9 Å². The van der Waals surface area contributed by atoms with E-state index in [1.165, 1.54) is 4.31 Å². The number of hydrogen-bond acceptors (Lipinski definition) is 4. The van der Waals surface area contributed by atoms with Crippen molar-refractivity contribution < 1.29 is 23.1 Å². The van der Waals surface area contributed by atoms with E-state index < -0.39 is 22.1 Å². The number of carboxylic acid groups (broad SMARTS) is 1. The number of rotatable bonds is 3. The minimum Gasteiger partial charge on any atom is -0.479 e. The fourth-order valence-corrected chi connectivity index (χ4v) is 4.60. The maximum atomic E-state index is 12.4. The van der Waals surface area contributed by atoms with Crippen LogP contribution in [-0.2, 0) is 19.6 Å². The van der Waals surface area contributed by atoms with Gasteiger partial charge in [-0.15, -0.1) is 0 Å². The molecular weight excluding hydrogens is 258 g/mol. The second-order valence-electron chi connectivity index (χ2n) is 4.86. The van der Waals surface area contributed by atoms with Gasteiger partial charge in [0.15, 0.2) is 6.10 Å². The smallest absolute Gasteiger partial charge is 0.334 e. The van der Waals surface area contributed by atoms with Gasteiger partial charge in [0.1, 0.15) is 0 Å². The van der Waals surface area contributed by atoms with Gasteiger partial charge in [-0.3, -0.25) is 0 Å². The molecule has 104 valence electrons. The maximum Gasteiger partial charge on any atom is 0.334 e. The zero-order valence-electron chi connectivity index (χ0n) is 10.2. The molecule has 0 spiro atoms. The second kappa shape index (κ2) is 5.54. The first kappa shape index (κ1) is 13.8. The van der Waals surface area contributed by atoms with Gasteiger partial charge in [-0.05, 0) is 12.8 Å². The van der Waals surface area contributed by atoms with Crippen molar-refractivity contribution in [3.8, 4) is 0 Å². The zero-order chi connectivity index (χ0) is 13.2. The van der Waals surface area contributed by atoms with E-state index in [1.54, 1.807) is 0 Å². The van der Waals surface area contributed by atoms with Crippen molar-refractivity contribution >= 4 is 16.0 Å². The average molecular weight is 277 g/mol. The molecule has 2 rings (SSSR count). The van der Waals surface area contributed by atoms with Crippen molar-refractivity contribution in [3.05, 3.63) is 0 Å². The fraction of sp³-hybridized carbons (Fsp3) is 0.909. The van der Waals surface area contributed by atoms with Crippen molar-refractivity contribution in [3.63, 3.8) is 0 Å². The predicted molar refractivity (Wildman–Crippen MR) is 64.7 cm³/mol. The highest BCUT2D eigenvalue weighted by molar-refractivity contribution is 7.89. The lowest BCUT2D eigenvalue weighted by atomic mass is 10.0. The fourth-order valence-electron chi connectivity index (χ4n) is 2.58. The van der Waals surface area contributed by atoms with Gasteiger partial charge in [0, 0.05) is 6.54 Å². The third-order valence-corrected chi connectivity index (χ3v) is 6.00. The third-order valence-electron chi connectivity index (χ3n) is 3.64. The van der Waals surface area contributed by atoms with Crippen molar-refractivity contribution in [2.45, 2.75) is 43.5 Å². The normalized spacial score (nSPS) is 28.1. The van der Waals surface area contributed by atoms with Crippen LogP contribution in [0.5, 0.6) is 0 Å². The van der Waals surface area contributed by atoms with E-state index in [1.807, 2.05) is 0 Å². The molecule has 1 aliphatic heterocycles. The zero-order valence-corrected chi connectivity index (χ0v) is 11.1. The quantitative estimate of drug-likeness (QED) is 0.809. The van der Waals surface area contributed by atoms with Crippen molar-refractivity contribution in [2.24, 2.45) is 0 Å². The lowest BCUT2D eigenvalue weighted by Crippen LogP contribution is -2.51. The molecule has 1 atom stereocenters. The molecular formula is C11H19NO5S. The minimum absolute atomic E-state index is 0.0613. The summed E-state index contributed by atoms with van der Waals surface area (Å²) in [6.07, 6.45) is 3.33. The highest BCUT2D eigenvalue weighted by Gasteiger charge is 2.37. The summed E-state index contributed by atoms with van der Waals surface area (Å²) in [5, 5.41) is 8.55. The van der Waals surface area contributed by atoms with Crippen LogP contribution in [0.25, 0.3) is 0 Å².